The molecule has 1 saturated carbocycles. The van der Waals surface area contributed by atoms with Gasteiger partial charge in [0.25, 0.3) is 0 Å². The first-order valence-corrected chi connectivity index (χ1v) is 8.08. The van der Waals surface area contributed by atoms with E-state index in [1.807, 2.05) is 0 Å². The molecule has 1 N–H and O–H groups in total. The van der Waals surface area contributed by atoms with E-state index in [0.717, 1.165) is 12.0 Å². The van der Waals surface area contributed by atoms with Crippen LogP contribution in [0.25, 0.3) is 0 Å². The highest BCUT2D eigenvalue weighted by Crippen LogP contribution is 2.30. The van der Waals surface area contributed by atoms with Crippen molar-refractivity contribution in [1.29, 1.82) is 0 Å². The van der Waals surface area contributed by atoms with Gasteiger partial charge in [0.15, 0.2) is 0 Å². The van der Waals surface area contributed by atoms with Gasteiger partial charge in [-0.1, -0.05) is 51.1 Å². The first-order chi connectivity index (χ1) is 9.61. The Labute approximate surface area is 124 Å². The fourth-order valence-corrected chi connectivity index (χ4v) is 3.20. The van der Waals surface area contributed by atoms with Gasteiger partial charge in [0.1, 0.15) is 0 Å². The van der Waals surface area contributed by atoms with Crippen molar-refractivity contribution in [3.8, 4) is 0 Å². The number of hydrogen-bond donors (Lipinski definition) is 1. The monoisotopic (exact) mass is 274 g/mol. The Bertz CT molecular complexity index is 384. The Kier molecular flexibility index (Phi) is 5.62. The van der Waals surface area contributed by atoms with Gasteiger partial charge in [0.2, 0.25) is 0 Å². The standard InChI is InChI=1S/C18H30N2/c1-14(2)12-20(17-10-11-17)13-15(3)18(19-4)16-8-6-5-7-9-16/h5-9,14-15,17-19H,10-13H2,1-4H3. The minimum absolute atomic E-state index is 0.449. The summed E-state index contributed by atoms with van der Waals surface area (Å²) in [5.74, 6) is 1.38. The molecule has 2 heteroatoms. The van der Waals surface area contributed by atoms with Crippen molar-refractivity contribution in [2.24, 2.45) is 11.8 Å². The first kappa shape index (κ1) is 15.5. The summed E-state index contributed by atoms with van der Waals surface area (Å²) in [6.45, 7) is 9.47. The zero-order chi connectivity index (χ0) is 14.5. The van der Waals surface area contributed by atoms with Crippen molar-refractivity contribution in [3.05, 3.63) is 35.9 Å². The van der Waals surface area contributed by atoms with Gasteiger partial charge < -0.3 is 5.32 Å². The molecule has 2 atom stereocenters. The van der Waals surface area contributed by atoms with Crippen molar-refractivity contribution >= 4 is 0 Å². The molecule has 0 spiro atoms. The lowest BCUT2D eigenvalue weighted by atomic mass is 9.94. The summed E-state index contributed by atoms with van der Waals surface area (Å²) in [5.41, 5.74) is 1.41. The molecule has 2 unspecified atom stereocenters. The van der Waals surface area contributed by atoms with E-state index in [1.165, 1.54) is 31.5 Å². The third-order valence-electron chi connectivity index (χ3n) is 4.22. The first-order valence-electron chi connectivity index (χ1n) is 8.08. The SMILES string of the molecule is CNC(c1ccccc1)C(C)CN(CC(C)C)C1CC1. The number of benzene rings is 1. The van der Waals surface area contributed by atoms with Crippen molar-refractivity contribution in [1.82, 2.24) is 10.2 Å². The second-order valence-corrected chi connectivity index (χ2v) is 6.73. The predicted octanol–water partition coefficient (Wildman–Crippen LogP) is 3.70. The molecule has 0 aliphatic heterocycles. The minimum atomic E-state index is 0.449. The maximum Gasteiger partial charge on any atom is 0.0355 e. The average Bonchev–Trinajstić information content (AvgIpc) is 3.24. The van der Waals surface area contributed by atoms with Crippen LogP contribution in [0.1, 0.15) is 45.2 Å². The zero-order valence-corrected chi connectivity index (χ0v) is 13.5. The van der Waals surface area contributed by atoms with Crippen LogP contribution >= 0.6 is 0 Å². The molecule has 2 rings (SSSR count). The highest BCUT2D eigenvalue weighted by Gasteiger charge is 2.31. The van der Waals surface area contributed by atoms with Crippen LogP contribution in [0.15, 0.2) is 30.3 Å². The lowest BCUT2D eigenvalue weighted by Crippen LogP contribution is -2.38. The van der Waals surface area contributed by atoms with E-state index in [0.29, 0.717) is 12.0 Å². The third kappa shape index (κ3) is 4.32. The van der Waals surface area contributed by atoms with E-state index in [4.69, 9.17) is 0 Å². The largest absolute Gasteiger partial charge is 0.313 e. The Hall–Kier alpha value is -0.860. The molecular formula is C18H30N2. The maximum absolute atomic E-state index is 3.51. The lowest BCUT2D eigenvalue weighted by molar-refractivity contribution is 0.186. The molecule has 0 amide bonds. The van der Waals surface area contributed by atoms with Gasteiger partial charge in [-0.25, -0.2) is 0 Å². The summed E-state index contributed by atoms with van der Waals surface area (Å²) in [5, 5.41) is 3.51. The van der Waals surface area contributed by atoms with Gasteiger partial charge >= 0.3 is 0 Å². The third-order valence-corrected chi connectivity index (χ3v) is 4.22. The van der Waals surface area contributed by atoms with Crippen LogP contribution in [0.2, 0.25) is 0 Å². The summed E-state index contributed by atoms with van der Waals surface area (Å²) in [4.78, 5) is 2.71. The molecule has 0 radical (unpaired) electrons. The molecule has 112 valence electrons. The Morgan fingerprint density at radius 3 is 2.25 bits per heavy atom. The molecule has 1 aliphatic rings. The molecule has 0 bridgehead atoms. The van der Waals surface area contributed by atoms with Crippen LogP contribution in [0.5, 0.6) is 0 Å². The van der Waals surface area contributed by atoms with E-state index in [2.05, 4.69) is 68.4 Å². The van der Waals surface area contributed by atoms with Crippen LogP contribution in [0.4, 0.5) is 0 Å². The maximum atomic E-state index is 3.51. The lowest BCUT2D eigenvalue weighted by Gasteiger charge is -2.31. The second kappa shape index (κ2) is 7.24. The van der Waals surface area contributed by atoms with Crippen LogP contribution in [-0.4, -0.2) is 31.1 Å². The van der Waals surface area contributed by atoms with Gasteiger partial charge in [0, 0.05) is 25.2 Å². The topological polar surface area (TPSA) is 15.3 Å². The summed E-state index contributed by atoms with van der Waals surface area (Å²) in [7, 11) is 2.08. The molecule has 0 saturated heterocycles. The van der Waals surface area contributed by atoms with Crippen molar-refractivity contribution < 1.29 is 0 Å². The molecule has 0 heterocycles. The molecular weight excluding hydrogens is 244 g/mol. The number of rotatable bonds is 8. The second-order valence-electron chi connectivity index (χ2n) is 6.73. The van der Waals surface area contributed by atoms with E-state index in [9.17, 15) is 0 Å². The van der Waals surface area contributed by atoms with Crippen molar-refractivity contribution in [2.45, 2.75) is 45.7 Å². The quantitative estimate of drug-likeness (QED) is 0.777. The molecule has 20 heavy (non-hydrogen) atoms. The molecule has 1 aromatic rings. The fourth-order valence-electron chi connectivity index (χ4n) is 3.20. The van der Waals surface area contributed by atoms with Gasteiger partial charge in [-0.15, -0.1) is 0 Å². The Morgan fingerprint density at radius 1 is 1.10 bits per heavy atom. The molecule has 0 aromatic heterocycles. The molecule has 1 fully saturated rings. The molecule has 1 aromatic carbocycles. The summed E-state index contributed by atoms with van der Waals surface area (Å²) < 4.78 is 0. The van der Waals surface area contributed by atoms with E-state index < -0.39 is 0 Å². The average molecular weight is 274 g/mol. The Balaban J connectivity index is 1.99. The summed E-state index contributed by atoms with van der Waals surface area (Å²) in [6.07, 6.45) is 2.80. The van der Waals surface area contributed by atoms with Crippen molar-refractivity contribution in [2.75, 3.05) is 20.1 Å². The minimum Gasteiger partial charge on any atom is -0.313 e. The van der Waals surface area contributed by atoms with Crippen LogP contribution in [0.3, 0.4) is 0 Å². The predicted molar refractivity (Wildman–Crippen MR) is 86.8 cm³/mol. The highest BCUT2D eigenvalue weighted by atomic mass is 15.2. The molecule has 2 nitrogen and oxygen atoms in total. The number of hydrogen-bond acceptors (Lipinski definition) is 2. The van der Waals surface area contributed by atoms with Gasteiger partial charge in [-0.3, -0.25) is 4.90 Å². The Morgan fingerprint density at radius 2 is 1.75 bits per heavy atom. The normalized spacial score (nSPS) is 18.5. The van der Waals surface area contributed by atoms with Gasteiger partial charge in [-0.2, -0.15) is 0 Å². The summed E-state index contributed by atoms with van der Waals surface area (Å²) >= 11 is 0. The van der Waals surface area contributed by atoms with Gasteiger partial charge in [-0.05, 0) is 37.3 Å². The van der Waals surface area contributed by atoms with Crippen LogP contribution < -0.4 is 5.32 Å². The molecule has 1 aliphatic carbocycles. The van der Waals surface area contributed by atoms with Gasteiger partial charge in [0.05, 0.1) is 0 Å². The summed E-state index contributed by atoms with van der Waals surface area (Å²) in [6, 6.07) is 12.1. The zero-order valence-electron chi connectivity index (χ0n) is 13.5. The fraction of sp³-hybridized carbons (Fsp3) is 0.667. The van der Waals surface area contributed by atoms with Crippen LogP contribution in [0, 0.1) is 11.8 Å². The van der Waals surface area contributed by atoms with E-state index >= 15 is 0 Å². The smallest absolute Gasteiger partial charge is 0.0355 e. The highest BCUT2D eigenvalue weighted by molar-refractivity contribution is 5.19. The van der Waals surface area contributed by atoms with Crippen LogP contribution in [-0.2, 0) is 0 Å². The number of nitrogens with one attached hydrogen (secondary N) is 1. The van der Waals surface area contributed by atoms with Crippen molar-refractivity contribution in [3.63, 3.8) is 0 Å². The van der Waals surface area contributed by atoms with E-state index in [1.54, 1.807) is 0 Å². The van der Waals surface area contributed by atoms with E-state index in [-0.39, 0.29) is 0 Å². The number of nitrogens with zero attached hydrogens (tertiary/aromatic N) is 1.